The number of aliphatic hydroxyl groups is 2. The van der Waals surface area contributed by atoms with Crippen LogP contribution in [0.1, 0.15) is 26.3 Å². The van der Waals surface area contributed by atoms with Gasteiger partial charge in [-0.3, -0.25) is 0 Å². The number of benzene rings is 1. The molecule has 0 saturated heterocycles. The van der Waals surface area contributed by atoms with Crippen molar-refractivity contribution in [1.82, 2.24) is 4.90 Å². The van der Waals surface area contributed by atoms with Crippen molar-refractivity contribution in [2.24, 2.45) is 0 Å². The van der Waals surface area contributed by atoms with Crippen molar-refractivity contribution in [3.05, 3.63) is 35.9 Å². The topological polar surface area (TPSA) is 70.0 Å². The molecule has 2 N–H and O–H groups in total. The Kier molecular flexibility index (Phi) is 6.65. The molecule has 0 aliphatic heterocycles. The SMILES string of the molecule is CC(C)(C)OC(=O)N(CCO)CC(O)Cc1ccccc1. The predicted molar refractivity (Wildman–Crippen MR) is 81.0 cm³/mol. The minimum absolute atomic E-state index is 0.129. The molecule has 1 unspecified atom stereocenters. The fourth-order valence-corrected chi connectivity index (χ4v) is 1.91. The zero-order valence-corrected chi connectivity index (χ0v) is 13.0. The summed E-state index contributed by atoms with van der Waals surface area (Å²) in [5.74, 6) is 0. The van der Waals surface area contributed by atoms with Crippen LogP contribution in [-0.4, -0.2) is 52.6 Å². The van der Waals surface area contributed by atoms with E-state index in [2.05, 4.69) is 0 Å². The first-order valence-corrected chi connectivity index (χ1v) is 7.12. The predicted octanol–water partition coefficient (Wildman–Crippen LogP) is 1.82. The standard InChI is InChI=1S/C16H25NO4/c1-16(2,3)21-15(20)17(9-10-18)12-14(19)11-13-7-5-4-6-8-13/h4-8,14,18-19H,9-12H2,1-3H3. The van der Waals surface area contributed by atoms with E-state index in [9.17, 15) is 9.90 Å². The summed E-state index contributed by atoms with van der Waals surface area (Å²) in [6.45, 7) is 5.44. The van der Waals surface area contributed by atoms with Gasteiger partial charge in [0.15, 0.2) is 0 Å². The number of carbonyl (C=O) groups is 1. The fourth-order valence-electron chi connectivity index (χ4n) is 1.91. The molecule has 0 aliphatic carbocycles. The van der Waals surface area contributed by atoms with E-state index >= 15 is 0 Å². The van der Waals surface area contributed by atoms with Crippen LogP contribution in [0.3, 0.4) is 0 Å². The molecule has 5 heteroatoms. The number of amides is 1. The Balaban J connectivity index is 2.58. The second-order valence-electron chi connectivity index (χ2n) is 5.99. The van der Waals surface area contributed by atoms with Crippen molar-refractivity contribution in [3.8, 4) is 0 Å². The van der Waals surface area contributed by atoms with E-state index in [0.717, 1.165) is 5.56 Å². The molecule has 1 rings (SSSR count). The lowest BCUT2D eigenvalue weighted by Gasteiger charge is -2.28. The first kappa shape index (κ1) is 17.5. The van der Waals surface area contributed by atoms with Crippen LogP contribution in [-0.2, 0) is 11.2 Å². The Morgan fingerprint density at radius 1 is 1.29 bits per heavy atom. The number of carbonyl (C=O) groups excluding carboxylic acids is 1. The summed E-state index contributed by atoms with van der Waals surface area (Å²) in [5.41, 5.74) is 0.396. The van der Waals surface area contributed by atoms with Crippen molar-refractivity contribution in [2.45, 2.75) is 38.9 Å². The molecule has 5 nitrogen and oxygen atoms in total. The summed E-state index contributed by atoms with van der Waals surface area (Å²) < 4.78 is 5.27. The van der Waals surface area contributed by atoms with Crippen molar-refractivity contribution in [2.75, 3.05) is 19.7 Å². The molecule has 21 heavy (non-hydrogen) atoms. The number of ether oxygens (including phenoxy) is 1. The molecule has 0 spiro atoms. The maximum Gasteiger partial charge on any atom is 0.410 e. The Morgan fingerprint density at radius 2 is 1.90 bits per heavy atom. The highest BCUT2D eigenvalue weighted by molar-refractivity contribution is 5.68. The van der Waals surface area contributed by atoms with Gasteiger partial charge >= 0.3 is 6.09 Å². The summed E-state index contributed by atoms with van der Waals surface area (Å²) in [5, 5.41) is 19.2. The Morgan fingerprint density at radius 3 is 2.43 bits per heavy atom. The molecular formula is C16H25NO4. The minimum Gasteiger partial charge on any atom is -0.444 e. The van der Waals surface area contributed by atoms with Crippen molar-refractivity contribution in [3.63, 3.8) is 0 Å². The van der Waals surface area contributed by atoms with Gasteiger partial charge in [-0.1, -0.05) is 30.3 Å². The van der Waals surface area contributed by atoms with Gasteiger partial charge < -0.3 is 19.8 Å². The molecule has 0 aromatic heterocycles. The lowest BCUT2D eigenvalue weighted by Crippen LogP contribution is -2.43. The maximum atomic E-state index is 12.0. The molecule has 0 bridgehead atoms. The summed E-state index contributed by atoms with van der Waals surface area (Å²) in [6, 6.07) is 9.57. The van der Waals surface area contributed by atoms with Crippen LogP contribution in [0.2, 0.25) is 0 Å². The first-order valence-electron chi connectivity index (χ1n) is 7.12. The third-order valence-corrected chi connectivity index (χ3v) is 2.77. The molecule has 1 aromatic carbocycles. The molecule has 0 radical (unpaired) electrons. The summed E-state index contributed by atoms with van der Waals surface area (Å²) in [4.78, 5) is 13.4. The fraction of sp³-hybridized carbons (Fsp3) is 0.562. The van der Waals surface area contributed by atoms with Gasteiger partial charge in [-0.05, 0) is 26.3 Å². The lowest BCUT2D eigenvalue weighted by atomic mass is 10.1. The number of hydrogen-bond donors (Lipinski definition) is 2. The Hall–Kier alpha value is -1.59. The van der Waals surface area contributed by atoms with Gasteiger partial charge in [0, 0.05) is 13.0 Å². The lowest BCUT2D eigenvalue weighted by molar-refractivity contribution is 0.0112. The largest absolute Gasteiger partial charge is 0.444 e. The number of hydrogen-bond acceptors (Lipinski definition) is 4. The van der Waals surface area contributed by atoms with Crippen LogP contribution in [0.25, 0.3) is 0 Å². The third kappa shape index (κ3) is 7.11. The molecule has 1 atom stereocenters. The smallest absolute Gasteiger partial charge is 0.410 e. The van der Waals surface area contributed by atoms with E-state index in [4.69, 9.17) is 9.84 Å². The van der Waals surface area contributed by atoms with Gasteiger partial charge in [-0.25, -0.2) is 4.79 Å². The molecule has 0 fully saturated rings. The molecular weight excluding hydrogens is 270 g/mol. The first-order chi connectivity index (χ1) is 9.81. The van der Waals surface area contributed by atoms with Gasteiger partial charge in [0.2, 0.25) is 0 Å². The maximum absolute atomic E-state index is 12.0. The van der Waals surface area contributed by atoms with Gasteiger partial charge in [0.25, 0.3) is 0 Å². The van der Waals surface area contributed by atoms with Crippen LogP contribution in [0.15, 0.2) is 30.3 Å². The number of nitrogens with zero attached hydrogens (tertiary/aromatic N) is 1. The summed E-state index contributed by atoms with van der Waals surface area (Å²) in [7, 11) is 0. The number of aliphatic hydroxyl groups excluding tert-OH is 2. The summed E-state index contributed by atoms with van der Waals surface area (Å²) >= 11 is 0. The van der Waals surface area contributed by atoms with Crippen LogP contribution < -0.4 is 0 Å². The molecule has 1 aromatic rings. The second kappa shape index (κ2) is 8.00. The van der Waals surface area contributed by atoms with E-state index in [-0.39, 0.29) is 19.7 Å². The minimum atomic E-state index is -0.702. The van der Waals surface area contributed by atoms with Gasteiger partial charge in [0.05, 0.1) is 19.3 Å². The van der Waals surface area contributed by atoms with E-state index in [0.29, 0.717) is 6.42 Å². The molecule has 1 amide bonds. The summed E-state index contributed by atoms with van der Waals surface area (Å²) in [6.07, 6.45) is -0.777. The van der Waals surface area contributed by atoms with E-state index in [1.165, 1.54) is 4.90 Å². The van der Waals surface area contributed by atoms with Crippen LogP contribution in [0.4, 0.5) is 4.79 Å². The number of rotatable bonds is 6. The zero-order chi connectivity index (χ0) is 15.9. The van der Waals surface area contributed by atoms with Crippen molar-refractivity contribution < 1.29 is 19.7 Å². The molecule has 0 saturated carbocycles. The van der Waals surface area contributed by atoms with Gasteiger partial charge in [0.1, 0.15) is 5.60 Å². The quantitative estimate of drug-likeness (QED) is 0.840. The molecule has 0 heterocycles. The van der Waals surface area contributed by atoms with Crippen LogP contribution in [0.5, 0.6) is 0 Å². The van der Waals surface area contributed by atoms with E-state index < -0.39 is 17.8 Å². The molecule has 0 aliphatic rings. The second-order valence-corrected chi connectivity index (χ2v) is 5.99. The average Bonchev–Trinajstić information content (AvgIpc) is 2.37. The van der Waals surface area contributed by atoms with Gasteiger partial charge in [-0.15, -0.1) is 0 Å². The Labute approximate surface area is 126 Å². The van der Waals surface area contributed by atoms with Gasteiger partial charge in [-0.2, -0.15) is 0 Å². The highest BCUT2D eigenvalue weighted by Gasteiger charge is 2.23. The van der Waals surface area contributed by atoms with Crippen molar-refractivity contribution in [1.29, 1.82) is 0 Å². The normalized spacial score (nSPS) is 12.8. The monoisotopic (exact) mass is 295 g/mol. The van der Waals surface area contributed by atoms with Crippen LogP contribution in [0, 0.1) is 0 Å². The van der Waals surface area contributed by atoms with E-state index in [1.807, 2.05) is 30.3 Å². The highest BCUT2D eigenvalue weighted by atomic mass is 16.6. The molecule has 118 valence electrons. The zero-order valence-electron chi connectivity index (χ0n) is 13.0. The Bertz CT molecular complexity index is 428. The third-order valence-electron chi connectivity index (χ3n) is 2.77. The average molecular weight is 295 g/mol. The highest BCUT2D eigenvalue weighted by Crippen LogP contribution is 2.11. The van der Waals surface area contributed by atoms with E-state index in [1.54, 1.807) is 20.8 Å². The van der Waals surface area contributed by atoms with Crippen molar-refractivity contribution >= 4 is 6.09 Å². The van der Waals surface area contributed by atoms with Crippen LogP contribution >= 0.6 is 0 Å².